The first-order valence-electron chi connectivity index (χ1n) is 9.73. The van der Waals surface area contributed by atoms with Crippen LogP contribution in [0.15, 0.2) is 66.0 Å². The van der Waals surface area contributed by atoms with Crippen LogP contribution >= 0.6 is 11.3 Å². The lowest BCUT2D eigenvalue weighted by atomic mass is 10.0. The highest BCUT2D eigenvalue weighted by Gasteiger charge is 2.27. The van der Waals surface area contributed by atoms with Crippen molar-refractivity contribution in [2.45, 2.75) is 13.0 Å². The lowest BCUT2D eigenvalue weighted by Gasteiger charge is -2.27. The molecule has 2 aromatic heterocycles. The van der Waals surface area contributed by atoms with Gasteiger partial charge < -0.3 is 0 Å². The fraction of sp³-hybridized carbons (Fsp3) is 0.125. The third-order valence-corrected chi connectivity index (χ3v) is 6.28. The summed E-state index contributed by atoms with van der Waals surface area (Å²) in [5, 5.41) is 14.1. The Balaban J connectivity index is 1.32. The molecule has 3 heterocycles. The number of amides is 1. The Morgan fingerprint density at radius 2 is 1.93 bits per heavy atom. The number of carbonyl (C=O) groups is 1. The molecule has 1 aliphatic rings. The fourth-order valence-corrected chi connectivity index (χ4v) is 4.81. The maximum Gasteiger partial charge on any atom is 0.267 e. The monoisotopic (exact) mass is 410 g/mol. The number of pyridine rings is 1. The van der Waals surface area contributed by atoms with Crippen LogP contribution in [0, 0.1) is 11.3 Å². The molecule has 2 aromatic carbocycles. The van der Waals surface area contributed by atoms with Crippen LogP contribution < -0.4 is 5.43 Å². The van der Waals surface area contributed by atoms with Crippen LogP contribution in [0.25, 0.3) is 22.0 Å². The number of aromatic nitrogens is 1. The summed E-state index contributed by atoms with van der Waals surface area (Å²) in [5.41, 5.74) is 8.25. The van der Waals surface area contributed by atoms with E-state index in [4.69, 9.17) is 10.2 Å². The number of para-hydroxylation sites is 1. The first-order valence-corrected chi connectivity index (χ1v) is 10.6. The topological polar surface area (TPSA) is 69.0 Å². The molecular formula is C24H18N4OS. The predicted octanol–water partition coefficient (Wildman–Crippen LogP) is 4.54. The number of thiophene rings is 1. The van der Waals surface area contributed by atoms with Crippen molar-refractivity contribution >= 4 is 28.1 Å². The molecular weight excluding hydrogens is 392 g/mol. The van der Waals surface area contributed by atoms with Gasteiger partial charge in [-0.2, -0.15) is 5.26 Å². The molecule has 4 aromatic rings. The summed E-state index contributed by atoms with van der Waals surface area (Å²) in [6, 6.07) is 21.7. The summed E-state index contributed by atoms with van der Waals surface area (Å²) in [7, 11) is 0. The summed E-state index contributed by atoms with van der Waals surface area (Å²) < 4.78 is 0. The minimum absolute atomic E-state index is 0.0802. The van der Waals surface area contributed by atoms with Gasteiger partial charge in [-0.05, 0) is 35.2 Å². The highest BCUT2D eigenvalue weighted by molar-refractivity contribution is 7.10. The summed E-state index contributed by atoms with van der Waals surface area (Å²) >= 11 is 1.60. The number of nitriles is 1. The maximum atomic E-state index is 12.8. The standard InChI is InChI=1S/C24H18N4OS/c25-13-16-5-7-17(8-6-16)20-15-30-22-14-28(27-24(29)23(20)22)12-11-19-10-9-18-3-1-2-4-21(18)26-19/h1-10,15H,11-12,14H2,(H,27,29). The zero-order chi connectivity index (χ0) is 20.5. The summed E-state index contributed by atoms with van der Waals surface area (Å²) in [6.45, 7) is 1.37. The zero-order valence-electron chi connectivity index (χ0n) is 16.1. The van der Waals surface area contributed by atoms with Crippen molar-refractivity contribution in [2.24, 2.45) is 0 Å². The van der Waals surface area contributed by atoms with Crippen LogP contribution in [0.3, 0.4) is 0 Å². The number of carbonyl (C=O) groups excluding carboxylic acids is 1. The largest absolute Gasteiger partial charge is 0.284 e. The molecule has 0 saturated carbocycles. The molecule has 0 saturated heterocycles. The smallest absolute Gasteiger partial charge is 0.267 e. The van der Waals surface area contributed by atoms with Crippen molar-refractivity contribution in [1.82, 2.24) is 15.4 Å². The Morgan fingerprint density at radius 1 is 1.10 bits per heavy atom. The van der Waals surface area contributed by atoms with Crippen LogP contribution in [-0.2, 0) is 13.0 Å². The second kappa shape index (κ2) is 7.71. The third-order valence-electron chi connectivity index (χ3n) is 5.31. The molecule has 0 fully saturated rings. The molecule has 1 N–H and O–H groups in total. The van der Waals surface area contributed by atoms with Gasteiger partial charge >= 0.3 is 0 Å². The second-order valence-electron chi connectivity index (χ2n) is 7.24. The molecule has 1 amide bonds. The minimum atomic E-state index is -0.0802. The summed E-state index contributed by atoms with van der Waals surface area (Å²) in [6.07, 6.45) is 0.758. The molecule has 0 atom stereocenters. The van der Waals surface area contributed by atoms with Crippen LogP contribution in [0.5, 0.6) is 0 Å². The molecule has 0 unspecified atom stereocenters. The zero-order valence-corrected chi connectivity index (χ0v) is 16.9. The number of benzene rings is 2. The lowest BCUT2D eigenvalue weighted by Crippen LogP contribution is -2.46. The Morgan fingerprint density at radius 3 is 2.77 bits per heavy atom. The van der Waals surface area contributed by atoms with Crippen molar-refractivity contribution < 1.29 is 4.79 Å². The fourth-order valence-electron chi connectivity index (χ4n) is 3.74. The summed E-state index contributed by atoms with van der Waals surface area (Å²) in [5.74, 6) is -0.0802. The van der Waals surface area contributed by atoms with Crippen molar-refractivity contribution in [3.8, 4) is 17.2 Å². The first kappa shape index (κ1) is 18.5. The van der Waals surface area contributed by atoms with Gasteiger partial charge in [-0.3, -0.25) is 15.2 Å². The van der Waals surface area contributed by atoms with E-state index in [0.29, 0.717) is 18.7 Å². The Bertz CT molecular complexity index is 1290. The number of hydrogen-bond donors (Lipinski definition) is 1. The molecule has 30 heavy (non-hydrogen) atoms. The van der Waals surface area contributed by atoms with E-state index < -0.39 is 0 Å². The van der Waals surface area contributed by atoms with E-state index >= 15 is 0 Å². The molecule has 0 aliphatic carbocycles. The highest BCUT2D eigenvalue weighted by atomic mass is 32.1. The number of fused-ring (bicyclic) bond motifs is 2. The number of nitrogens with zero attached hydrogens (tertiary/aromatic N) is 3. The van der Waals surface area contributed by atoms with Crippen molar-refractivity contribution in [3.63, 3.8) is 0 Å². The van der Waals surface area contributed by atoms with E-state index in [-0.39, 0.29) is 5.91 Å². The SMILES string of the molecule is N#Cc1ccc(-c2csc3c2C(=O)NN(CCc2ccc4ccccc4n2)C3)cc1. The van der Waals surface area contributed by atoms with Crippen molar-refractivity contribution in [1.29, 1.82) is 5.26 Å². The molecule has 6 heteroatoms. The molecule has 146 valence electrons. The molecule has 5 rings (SSSR count). The van der Waals surface area contributed by atoms with Crippen molar-refractivity contribution in [2.75, 3.05) is 6.54 Å². The number of hydrazine groups is 1. The number of nitrogens with one attached hydrogen (secondary N) is 1. The Labute approximate surface area is 178 Å². The normalized spacial score (nSPS) is 13.6. The van der Waals surface area contributed by atoms with E-state index in [1.54, 1.807) is 23.5 Å². The van der Waals surface area contributed by atoms with E-state index in [2.05, 4.69) is 23.6 Å². The maximum absolute atomic E-state index is 12.8. The van der Waals surface area contributed by atoms with E-state index in [1.165, 1.54) is 0 Å². The van der Waals surface area contributed by atoms with E-state index in [1.807, 2.05) is 46.8 Å². The first-order chi connectivity index (χ1) is 14.7. The van der Waals surface area contributed by atoms with Crippen LogP contribution in [0.1, 0.15) is 26.5 Å². The summed E-state index contributed by atoms with van der Waals surface area (Å²) in [4.78, 5) is 18.6. The van der Waals surface area contributed by atoms with E-state index in [0.717, 1.165) is 44.6 Å². The predicted molar refractivity (Wildman–Crippen MR) is 118 cm³/mol. The average molecular weight is 411 g/mol. The van der Waals surface area contributed by atoms with Gasteiger partial charge in [-0.15, -0.1) is 11.3 Å². The van der Waals surface area contributed by atoms with Gasteiger partial charge in [0.25, 0.3) is 5.91 Å². The van der Waals surface area contributed by atoms with Gasteiger partial charge in [0, 0.05) is 34.5 Å². The van der Waals surface area contributed by atoms with Crippen LogP contribution in [0.4, 0.5) is 0 Å². The van der Waals surface area contributed by atoms with Gasteiger partial charge in [-0.1, -0.05) is 36.4 Å². The molecule has 0 bridgehead atoms. The van der Waals surface area contributed by atoms with Crippen molar-refractivity contribution in [3.05, 3.63) is 87.7 Å². The second-order valence-corrected chi connectivity index (χ2v) is 8.21. The van der Waals surface area contributed by atoms with Gasteiger partial charge in [0.1, 0.15) is 0 Å². The molecule has 0 spiro atoms. The minimum Gasteiger partial charge on any atom is -0.284 e. The van der Waals surface area contributed by atoms with Gasteiger partial charge in [-0.25, -0.2) is 5.01 Å². The van der Waals surface area contributed by atoms with E-state index in [9.17, 15) is 4.79 Å². The Kier molecular flexibility index (Phi) is 4.75. The quantitative estimate of drug-likeness (QED) is 0.536. The molecule has 0 radical (unpaired) electrons. The van der Waals surface area contributed by atoms with Crippen LogP contribution in [-0.4, -0.2) is 22.4 Å². The van der Waals surface area contributed by atoms with Gasteiger partial charge in [0.2, 0.25) is 0 Å². The van der Waals surface area contributed by atoms with Gasteiger partial charge in [0.15, 0.2) is 0 Å². The number of hydrogen-bond acceptors (Lipinski definition) is 5. The Hall–Kier alpha value is -3.53. The molecule has 5 nitrogen and oxygen atoms in total. The average Bonchev–Trinajstić information content (AvgIpc) is 3.22. The third kappa shape index (κ3) is 3.45. The molecule has 1 aliphatic heterocycles. The van der Waals surface area contributed by atoms with Gasteiger partial charge in [0.05, 0.1) is 29.3 Å². The highest BCUT2D eigenvalue weighted by Crippen LogP contribution is 2.34. The number of rotatable bonds is 4. The lowest BCUT2D eigenvalue weighted by molar-refractivity contribution is 0.0741. The van der Waals surface area contributed by atoms with Crippen LogP contribution in [0.2, 0.25) is 0 Å².